The van der Waals surface area contributed by atoms with E-state index in [1.54, 1.807) is 0 Å². The van der Waals surface area contributed by atoms with Crippen LogP contribution in [0.15, 0.2) is 23.8 Å². The number of methoxy groups -OCH3 is 1. The maximum Gasteiger partial charge on any atom is 0.408 e. The quantitative estimate of drug-likeness (QED) is 0.536. The van der Waals surface area contributed by atoms with Gasteiger partial charge in [-0.15, -0.1) is 0 Å². The third-order valence-corrected chi connectivity index (χ3v) is 2.19. The molecule has 1 aliphatic heterocycles. The van der Waals surface area contributed by atoms with Crippen molar-refractivity contribution in [3.63, 3.8) is 0 Å². The van der Waals surface area contributed by atoms with E-state index in [9.17, 15) is 14.4 Å². The van der Waals surface area contributed by atoms with E-state index in [1.165, 1.54) is 19.3 Å². The Bertz CT molecular complexity index is 411. The molecule has 1 amide bonds. The number of amides is 1. The van der Waals surface area contributed by atoms with E-state index in [2.05, 4.69) is 4.74 Å². The molecule has 2 N–H and O–H groups in total. The minimum atomic E-state index is -1.32. The Labute approximate surface area is 96.6 Å². The third kappa shape index (κ3) is 3.07. The second kappa shape index (κ2) is 5.15. The van der Waals surface area contributed by atoms with Crippen LogP contribution in [-0.4, -0.2) is 52.8 Å². The van der Waals surface area contributed by atoms with Gasteiger partial charge in [-0.2, -0.15) is 0 Å². The van der Waals surface area contributed by atoms with Gasteiger partial charge < -0.3 is 14.9 Å². The summed E-state index contributed by atoms with van der Waals surface area (Å²) >= 11 is 0. The SMILES string of the molecule is COC(=O)/C=C/C1=CC(C(=O)O)N(C(=O)O)C1. The summed E-state index contributed by atoms with van der Waals surface area (Å²) in [7, 11) is 1.21. The fraction of sp³-hybridized carbons (Fsp3) is 0.300. The molecule has 0 aromatic heterocycles. The standard InChI is InChI=1S/C10H11NO6/c1-17-8(12)3-2-6-4-7(9(13)14)11(5-6)10(15)16/h2-4,7H,5H2,1H3,(H,13,14)(H,15,16)/b3-2+. The van der Waals surface area contributed by atoms with Gasteiger partial charge >= 0.3 is 18.0 Å². The highest BCUT2D eigenvalue weighted by molar-refractivity contribution is 5.85. The summed E-state index contributed by atoms with van der Waals surface area (Å²) in [6.07, 6.45) is 2.39. The molecule has 7 nitrogen and oxygen atoms in total. The molecule has 1 aliphatic rings. The number of hydrogen-bond acceptors (Lipinski definition) is 4. The van der Waals surface area contributed by atoms with Crippen LogP contribution in [0.3, 0.4) is 0 Å². The van der Waals surface area contributed by atoms with E-state index in [0.717, 1.165) is 11.0 Å². The molecule has 92 valence electrons. The molecule has 1 unspecified atom stereocenters. The van der Waals surface area contributed by atoms with Gasteiger partial charge in [0.1, 0.15) is 0 Å². The van der Waals surface area contributed by atoms with Crippen molar-refractivity contribution in [3.8, 4) is 0 Å². The molecule has 0 fully saturated rings. The van der Waals surface area contributed by atoms with Crippen LogP contribution in [0, 0.1) is 0 Å². The maximum absolute atomic E-state index is 10.8. The number of ether oxygens (including phenoxy) is 1. The third-order valence-electron chi connectivity index (χ3n) is 2.19. The van der Waals surface area contributed by atoms with Crippen LogP contribution >= 0.6 is 0 Å². The second-order valence-corrected chi connectivity index (χ2v) is 3.29. The number of carboxylic acid groups (broad SMARTS) is 2. The van der Waals surface area contributed by atoms with Crippen LogP contribution in [0.5, 0.6) is 0 Å². The average molecular weight is 241 g/mol. The fourth-order valence-corrected chi connectivity index (χ4v) is 1.38. The first-order valence-electron chi connectivity index (χ1n) is 4.64. The molecule has 1 heterocycles. The Morgan fingerprint density at radius 1 is 1.47 bits per heavy atom. The summed E-state index contributed by atoms with van der Waals surface area (Å²) in [5, 5.41) is 17.6. The van der Waals surface area contributed by atoms with Crippen LogP contribution in [0.1, 0.15) is 0 Å². The van der Waals surface area contributed by atoms with Crippen molar-refractivity contribution < 1.29 is 29.3 Å². The van der Waals surface area contributed by atoms with Crippen molar-refractivity contribution in [2.45, 2.75) is 6.04 Å². The normalized spacial score (nSPS) is 19.2. The number of carbonyl (C=O) groups excluding carboxylic acids is 1. The average Bonchev–Trinajstić information content (AvgIpc) is 2.70. The smallest absolute Gasteiger partial charge is 0.408 e. The lowest BCUT2D eigenvalue weighted by Crippen LogP contribution is -2.40. The minimum Gasteiger partial charge on any atom is -0.479 e. The molecule has 17 heavy (non-hydrogen) atoms. The van der Waals surface area contributed by atoms with Crippen molar-refractivity contribution in [3.05, 3.63) is 23.8 Å². The summed E-state index contributed by atoms with van der Waals surface area (Å²) in [5.41, 5.74) is 0.435. The van der Waals surface area contributed by atoms with Crippen LogP contribution < -0.4 is 0 Å². The van der Waals surface area contributed by atoms with Gasteiger partial charge in [0.25, 0.3) is 0 Å². The summed E-state index contributed by atoms with van der Waals surface area (Å²) in [4.78, 5) is 33.1. The van der Waals surface area contributed by atoms with Gasteiger partial charge in [0.15, 0.2) is 6.04 Å². The van der Waals surface area contributed by atoms with Crippen LogP contribution in [-0.2, 0) is 14.3 Å². The van der Waals surface area contributed by atoms with Crippen molar-refractivity contribution >= 4 is 18.0 Å². The number of aliphatic carboxylic acids is 1. The molecular formula is C10H11NO6. The fourth-order valence-electron chi connectivity index (χ4n) is 1.38. The van der Waals surface area contributed by atoms with Gasteiger partial charge in [-0.3, -0.25) is 4.90 Å². The Morgan fingerprint density at radius 2 is 2.12 bits per heavy atom. The lowest BCUT2D eigenvalue weighted by molar-refractivity contribution is -0.140. The lowest BCUT2D eigenvalue weighted by atomic mass is 10.2. The summed E-state index contributed by atoms with van der Waals surface area (Å²) < 4.78 is 4.36. The van der Waals surface area contributed by atoms with E-state index in [-0.39, 0.29) is 6.54 Å². The first-order chi connectivity index (χ1) is 7.95. The van der Waals surface area contributed by atoms with Gasteiger partial charge in [0.2, 0.25) is 0 Å². The van der Waals surface area contributed by atoms with Crippen LogP contribution in [0.25, 0.3) is 0 Å². The van der Waals surface area contributed by atoms with Gasteiger partial charge in [-0.05, 0) is 11.6 Å². The van der Waals surface area contributed by atoms with Crippen LogP contribution in [0.2, 0.25) is 0 Å². The number of hydrogen-bond donors (Lipinski definition) is 2. The van der Waals surface area contributed by atoms with E-state index in [0.29, 0.717) is 5.57 Å². The van der Waals surface area contributed by atoms with Crippen molar-refractivity contribution in [2.24, 2.45) is 0 Å². The monoisotopic (exact) mass is 241 g/mol. The molecular weight excluding hydrogens is 230 g/mol. The molecule has 0 radical (unpaired) electrons. The first-order valence-corrected chi connectivity index (χ1v) is 4.64. The molecule has 1 rings (SSSR count). The van der Waals surface area contributed by atoms with E-state index in [1.807, 2.05) is 0 Å². The van der Waals surface area contributed by atoms with E-state index >= 15 is 0 Å². The number of carbonyl (C=O) groups is 3. The van der Waals surface area contributed by atoms with Gasteiger partial charge in [-0.1, -0.05) is 6.08 Å². The molecule has 0 spiro atoms. The molecule has 0 aromatic rings. The number of nitrogens with zero attached hydrogens (tertiary/aromatic N) is 1. The molecule has 0 saturated carbocycles. The zero-order valence-corrected chi connectivity index (χ0v) is 8.99. The van der Waals surface area contributed by atoms with Crippen molar-refractivity contribution in [1.82, 2.24) is 4.90 Å². The first kappa shape index (κ1) is 12.8. The number of carboxylic acids is 1. The van der Waals surface area contributed by atoms with E-state index in [4.69, 9.17) is 10.2 Å². The zero-order chi connectivity index (χ0) is 13.0. The minimum absolute atomic E-state index is 0.0696. The largest absolute Gasteiger partial charge is 0.479 e. The molecule has 0 saturated heterocycles. The summed E-state index contributed by atoms with van der Waals surface area (Å²) in [5.74, 6) is -1.85. The number of rotatable bonds is 3. The van der Waals surface area contributed by atoms with Gasteiger partial charge in [0, 0.05) is 6.08 Å². The Balaban J connectivity index is 2.81. The maximum atomic E-state index is 10.8. The molecule has 0 aliphatic carbocycles. The zero-order valence-electron chi connectivity index (χ0n) is 8.99. The summed E-state index contributed by atoms with van der Waals surface area (Å²) in [6, 6.07) is -1.22. The lowest BCUT2D eigenvalue weighted by Gasteiger charge is -2.16. The highest BCUT2D eigenvalue weighted by Gasteiger charge is 2.33. The highest BCUT2D eigenvalue weighted by Crippen LogP contribution is 2.17. The Hall–Kier alpha value is -2.31. The number of esters is 1. The molecule has 0 aromatic carbocycles. The molecule has 1 atom stereocenters. The van der Waals surface area contributed by atoms with Crippen LogP contribution in [0.4, 0.5) is 4.79 Å². The van der Waals surface area contributed by atoms with Crippen molar-refractivity contribution in [2.75, 3.05) is 13.7 Å². The predicted octanol–water partition coefficient (Wildman–Crippen LogP) is 0.0888. The predicted molar refractivity (Wildman–Crippen MR) is 55.4 cm³/mol. The molecule has 0 bridgehead atoms. The Morgan fingerprint density at radius 3 is 2.53 bits per heavy atom. The topological polar surface area (TPSA) is 104 Å². The van der Waals surface area contributed by atoms with Gasteiger partial charge in [-0.25, -0.2) is 14.4 Å². The second-order valence-electron chi connectivity index (χ2n) is 3.29. The highest BCUT2D eigenvalue weighted by atomic mass is 16.5. The van der Waals surface area contributed by atoms with Crippen molar-refractivity contribution in [1.29, 1.82) is 0 Å². The van der Waals surface area contributed by atoms with E-state index < -0.39 is 24.1 Å². The van der Waals surface area contributed by atoms with Gasteiger partial charge in [0.05, 0.1) is 13.7 Å². The Kier molecular flexibility index (Phi) is 3.86. The summed E-state index contributed by atoms with van der Waals surface area (Å²) in [6.45, 7) is -0.0696. The molecule has 7 heteroatoms.